The van der Waals surface area contributed by atoms with Crippen molar-refractivity contribution >= 4 is 17.7 Å². The van der Waals surface area contributed by atoms with E-state index in [9.17, 15) is 14.4 Å². The van der Waals surface area contributed by atoms with Crippen LogP contribution < -0.4 is 31.4 Å². The molecule has 12 nitrogen and oxygen atoms in total. The summed E-state index contributed by atoms with van der Waals surface area (Å²) in [6.07, 6.45) is 1.76. The van der Waals surface area contributed by atoms with E-state index in [0.29, 0.717) is 75.3 Å². The molecule has 3 atom stereocenters. The van der Waals surface area contributed by atoms with E-state index in [1.54, 1.807) is 21.3 Å². The molecule has 3 saturated heterocycles. The summed E-state index contributed by atoms with van der Waals surface area (Å²) in [5.74, 6) is 3.77. The smallest absolute Gasteiger partial charge is 0.223 e. The largest absolute Gasteiger partial charge is 0.497 e. The maximum atomic E-state index is 11.8. The van der Waals surface area contributed by atoms with Crippen LogP contribution in [0.1, 0.15) is 36.0 Å². The van der Waals surface area contributed by atoms with Gasteiger partial charge in [0.1, 0.15) is 5.75 Å². The average Bonchev–Trinajstić information content (AvgIpc) is 3.83. The second-order valence-corrected chi connectivity index (χ2v) is 13.3. The Hall–Kier alpha value is -4.65. The van der Waals surface area contributed by atoms with Crippen molar-refractivity contribution in [1.82, 2.24) is 14.7 Å². The number of hydrogen-bond acceptors (Lipinski definition) is 9. The van der Waals surface area contributed by atoms with Gasteiger partial charge in [0.2, 0.25) is 17.7 Å². The van der Waals surface area contributed by atoms with Crippen molar-refractivity contribution in [1.29, 1.82) is 0 Å². The van der Waals surface area contributed by atoms with Crippen LogP contribution in [0.15, 0.2) is 72.8 Å². The number of nitrogens with two attached hydrogens (primary N) is 3. The Morgan fingerprint density at radius 3 is 1.33 bits per heavy atom. The van der Waals surface area contributed by atoms with Gasteiger partial charge in [-0.2, -0.15) is 0 Å². The zero-order chi connectivity index (χ0) is 36.8. The topological polar surface area (TPSA) is 167 Å². The monoisotopic (exact) mass is 702 g/mol. The van der Waals surface area contributed by atoms with Crippen molar-refractivity contribution in [2.24, 2.45) is 35.0 Å². The lowest BCUT2D eigenvalue weighted by Gasteiger charge is -2.17. The van der Waals surface area contributed by atoms with E-state index in [2.05, 4.69) is 0 Å². The minimum Gasteiger partial charge on any atom is -0.497 e. The van der Waals surface area contributed by atoms with Gasteiger partial charge in [-0.15, -0.1) is 0 Å². The molecule has 6 rings (SSSR count). The van der Waals surface area contributed by atoms with Crippen LogP contribution in [-0.2, 0) is 34.0 Å². The van der Waals surface area contributed by atoms with Crippen LogP contribution in [0.4, 0.5) is 0 Å². The molecule has 0 radical (unpaired) electrons. The predicted molar refractivity (Wildman–Crippen MR) is 197 cm³/mol. The second-order valence-electron chi connectivity index (χ2n) is 13.3. The third-order valence-electron chi connectivity index (χ3n) is 9.45. The van der Waals surface area contributed by atoms with Crippen LogP contribution in [0.25, 0.3) is 0 Å². The lowest BCUT2D eigenvalue weighted by Crippen LogP contribution is -2.25. The molecule has 3 amide bonds. The van der Waals surface area contributed by atoms with E-state index in [4.69, 9.17) is 31.4 Å². The number of nitrogens with zero attached hydrogens (tertiary/aromatic N) is 3. The van der Waals surface area contributed by atoms with Crippen molar-refractivity contribution in [3.8, 4) is 17.2 Å². The number of carbonyl (C=O) groups is 3. The lowest BCUT2D eigenvalue weighted by atomic mass is 10.1. The molecule has 3 heterocycles. The fraction of sp³-hybridized carbons (Fsp3) is 0.462. The van der Waals surface area contributed by atoms with Crippen LogP contribution >= 0.6 is 0 Å². The van der Waals surface area contributed by atoms with Gasteiger partial charge < -0.3 is 46.1 Å². The fourth-order valence-corrected chi connectivity index (χ4v) is 6.45. The maximum Gasteiger partial charge on any atom is 0.223 e. The van der Waals surface area contributed by atoms with Gasteiger partial charge >= 0.3 is 0 Å². The van der Waals surface area contributed by atoms with Gasteiger partial charge in [0.25, 0.3) is 0 Å². The van der Waals surface area contributed by atoms with Gasteiger partial charge in [0.15, 0.2) is 11.5 Å². The zero-order valence-electron chi connectivity index (χ0n) is 30.2. The predicted octanol–water partition coefficient (Wildman–Crippen LogP) is 3.01. The Balaban J connectivity index is 0.000000173. The molecule has 3 unspecified atom stereocenters. The van der Waals surface area contributed by atoms with Crippen LogP contribution in [-0.4, -0.2) is 93.0 Å². The molecule has 12 heteroatoms. The van der Waals surface area contributed by atoms with Crippen LogP contribution in [0.5, 0.6) is 17.2 Å². The Morgan fingerprint density at radius 1 is 0.529 bits per heavy atom. The molecular weight excluding hydrogens is 648 g/mol. The highest BCUT2D eigenvalue weighted by atomic mass is 16.5. The van der Waals surface area contributed by atoms with Gasteiger partial charge in [-0.1, -0.05) is 48.5 Å². The molecule has 276 valence electrons. The molecule has 0 bridgehead atoms. The number of carbonyl (C=O) groups excluding carboxylic acids is 3. The number of methoxy groups -OCH3 is 3. The number of ether oxygens (including phenoxy) is 3. The molecule has 3 aromatic rings. The quantitative estimate of drug-likeness (QED) is 0.257. The Kier molecular flexibility index (Phi) is 15.1. The number of hydrogen-bond donors (Lipinski definition) is 3. The fourth-order valence-electron chi connectivity index (χ4n) is 6.45. The Labute approximate surface area is 301 Å². The van der Waals surface area contributed by atoms with Gasteiger partial charge in [0.05, 0.1) is 21.3 Å². The second kappa shape index (κ2) is 19.7. The summed E-state index contributed by atoms with van der Waals surface area (Å²) in [6, 6.07) is 23.6. The van der Waals surface area contributed by atoms with E-state index in [0.717, 1.165) is 43.1 Å². The first-order valence-electron chi connectivity index (χ1n) is 17.5. The van der Waals surface area contributed by atoms with Crippen molar-refractivity contribution in [3.63, 3.8) is 0 Å². The highest BCUT2D eigenvalue weighted by molar-refractivity contribution is 5.79. The summed E-state index contributed by atoms with van der Waals surface area (Å²) >= 11 is 0. The number of likely N-dealkylation sites (tertiary alicyclic amines) is 3. The molecule has 0 spiro atoms. The Morgan fingerprint density at radius 2 is 0.941 bits per heavy atom. The van der Waals surface area contributed by atoms with E-state index in [1.165, 1.54) is 5.56 Å². The summed E-state index contributed by atoms with van der Waals surface area (Å²) < 4.78 is 15.6. The standard InChI is InChI=1S/C14H20N2O3.C13H18N2O2.C12H16N2O/c1-18-12-4-3-10(5-13(12)19-2)8-16-9-11(7-15)6-14(16)17;1-17-12-4-2-10(3-5-12)8-15-9-11(7-14)6-13(15)16;13-7-11-6-12(15)14(9-11)8-10-4-2-1-3-5-10/h3-5,11H,6-9,15H2,1-2H3;2-5,11H,6-9,14H2,1H3;1-5,11H,6-9,13H2. The maximum absolute atomic E-state index is 11.8. The van der Waals surface area contributed by atoms with E-state index < -0.39 is 0 Å². The zero-order valence-corrected chi connectivity index (χ0v) is 30.2. The normalized spacial score (nSPS) is 19.8. The summed E-state index contributed by atoms with van der Waals surface area (Å²) in [5.41, 5.74) is 20.1. The minimum atomic E-state index is 0.172. The van der Waals surface area contributed by atoms with Crippen molar-refractivity contribution in [2.45, 2.75) is 38.9 Å². The third kappa shape index (κ3) is 11.4. The molecule has 51 heavy (non-hydrogen) atoms. The summed E-state index contributed by atoms with van der Waals surface area (Å²) in [6.45, 7) is 6.07. The first-order chi connectivity index (χ1) is 24.7. The highest BCUT2D eigenvalue weighted by Crippen LogP contribution is 2.29. The minimum absolute atomic E-state index is 0.172. The van der Waals surface area contributed by atoms with E-state index in [-0.39, 0.29) is 23.6 Å². The van der Waals surface area contributed by atoms with Crippen molar-refractivity contribution in [3.05, 3.63) is 89.5 Å². The molecule has 0 saturated carbocycles. The summed E-state index contributed by atoms with van der Waals surface area (Å²) in [5, 5.41) is 0. The molecule has 3 aromatic carbocycles. The van der Waals surface area contributed by atoms with E-state index in [1.807, 2.05) is 87.5 Å². The molecule has 3 fully saturated rings. The third-order valence-corrected chi connectivity index (χ3v) is 9.45. The van der Waals surface area contributed by atoms with E-state index >= 15 is 0 Å². The molecular formula is C39H54N6O6. The molecule has 3 aliphatic rings. The van der Waals surface area contributed by atoms with Crippen LogP contribution in [0.3, 0.4) is 0 Å². The number of amides is 3. The van der Waals surface area contributed by atoms with Crippen molar-refractivity contribution in [2.75, 3.05) is 60.6 Å². The number of rotatable bonds is 12. The van der Waals surface area contributed by atoms with Gasteiger partial charge in [0, 0.05) is 58.5 Å². The molecule has 6 N–H and O–H groups in total. The van der Waals surface area contributed by atoms with Crippen molar-refractivity contribution < 1.29 is 28.6 Å². The molecule has 3 aliphatic heterocycles. The highest BCUT2D eigenvalue weighted by Gasteiger charge is 2.30. The Bertz CT molecular complexity index is 1560. The first kappa shape index (κ1) is 39.1. The molecule has 0 aliphatic carbocycles. The summed E-state index contributed by atoms with van der Waals surface area (Å²) in [7, 11) is 4.85. The lowest BCUT2D eigenvalue weighted by molar-refractivity contribution is -0.129. The SMILES string of the molecule is COc1ccc(CN2CC(CN)CC2=O)cc1.COc1ccc(CN2CC(CN)CC2=O)cc1OC.NCC1CC(=O)N(Cc2ccccc2)C1. The average molecular weight is 703 g/mol. The van der Waals surface area contributed by atoms with Crippen LogP contribution in [0, 0.1) is 17.8 Å². The van der Waals surface area contributed by atoms with Crippen LogP contribution in [0.2, 0.25) is 0 Å². The summed E-state index contributed by atoms with van der Waals surface area (Å²) in [4.78, 5) is 40.8. The van der Waals surface area contributed by atoms with Gasteiger partial charge in [-0.25, -0.2) is 0 Å². The molecule has 0 aromatic heterocycles. The first-order valence-corrected chi connectivity index (χ1v) is 17.5. The number of benzene rings is 3. The van der Waals surface area contributed by atoms with Gasteiger partial charge in [-0.3, -0.25) is 14.4 Å². The van der Waals surface area contributed by atoms with Gasteiger partial charge in [-0.05, 0) is 78.3 Å².